The highest BCUT2D eigenvalue weighted by Gasteiger charge is 2.31. The molecule has 0 saturated carbocycles. The molecule has 1 aromatic carbocycles. The van der Waals surface area contributed by atoms with Gasteiger partial charge < -0.3 is 76.2 Å². The van der Waals surface area contributed by atoms with E-state index in [1.807, 2.05) is 0 Å². The molecular weight excluding hydrogens is 1280 g/mol. The van der Waals surface area contributed by atoms with Gasteiger partial charge in [0, 0.05) is 75.7 Å². The largest absolute Gasteiger partial charge is 0.480 e. The molecule has 3 aromatic rings. The predicted octanol–water partition coefficient (Wildman–Crippen LogP) is 9.68. The molecule has 98 heavy (non-hydrogen) atoms. The molecule has 0 unspecified atom stereocenters. The SMILES string of the molecule is CCCCCCCCCCCCCC(=O)OCCSC[C@H](NC(=O)OC(C)(C)C)C(=O)N[C@@H](CCC(=O)NCCCN(CCCCN(CCCNC(=O)CNC(=O)c1ccc(Cn2c(O)nc3c(N)nc(NCCCC)nc32)cc1)C(=O)OC(C)(C)C)C(=O)OC(C)(C)C)C(=O)OC. The van der Waals surface area contributed by atoms with Crippen LogP contribution in [0.3, 0.4) is 0 Å². The lowest BCUT2D eigenvalue weighted by Gasteiger charge is -2.29. The number of hydrogen-bond donors (Lipinski definition) is 8. The molecule has 0 radical (unpaired) electrons. The minimum atomic E-state index is -1.26. The highest BCUT2D eigenvalue weighted by atomic mass is 32.2. The second-order valence-corrected chi connectivity index (χ2v) is 28.4. The fourth-order valence-electron chi connectivity index (χ4n) is 9.81. The number of aromatic nitrogens is 4. The average molecular weight is 1400 g/mol. The zero-order chi connectivity index (χ0) is 72.7. The number of rotatable bonds is 46. The Morgan fingerprint density at radius 3 is 1.70 bits per heavy atom. The van der Waals surface area contributed by atoms with Crippen molar-refractivity contribution in [2.45, 2.75) is 240 Å². The van der Waals surface area contributed by atoms with Crippen LogP contribution in [0.5, 0.6) is 6.01 Å². The number of ether oxygens (including phenoxy) is 5. The zero-order valence-electron chi connectivity index (χ0n) is 60.4. The number of imidazole rings is 1. The Labute approximate surface area is 584 Å². The van der Waals surface area contributed by atoms with Crippen LogP contribution in [0, 0.1) is 0 Å². The van der Waals surface area contributed by atoms with Crippen LogP contribution in [0.1, 0.15) is 220 Å². The first-order valence-corrected chi connectivity index (χ1v) is 36.0. The van der Waals surface area contributed by atoms with E-state index in [1.54, 1.807) is 86.6 Å². The zero-order valence-corrected chi connectivity index (χ0v) is 61.2. The summed E-state index contributed by atoms with van der Waals surface area (Å²) in [6, 6.07) is 3.91. The van der Waals surface area contributed by atoms with E-state index in [9.17, 15) is 48.3 Å². The third-order valence-electron chi connectivity index (χ3n) is 14.9. The van der Waals surface area contributed by atoms with Crippen molar-refractivity contribution in [3.8, 4) is 6.01 Å². The van der Waals surface area contributed by atoms with E-state index in [4.69, 9.17) is 29.4 Å². The van der Waals surface area contributed by atoms with Gasteiger partial charge in [0.05, 0.1) is 20.2 Å². The summed E-state index contributed by atoms with van der Waals surface area (Å²) in [4.78, 5) is 134. The minimum absolute atomic E-state index is 0.0477. The summed E-state index contributed by atoms with van der Waals surface area (Å²) in [7, 11) is 1.15. The number of methoxy groups -OCH3 is 1. The van der Waals surface area contributed by atoms with E-state index in [0.29, 0.717) is 61.6 Å². The lowest BCUT2D eigenvalue weighted by atomic mass is 10.1. The van der Waals surface area contributed by atoms with Gasteiger partial charge in [-0.3, -0.25) is 28.5 Å². The van der Waals surface area contributed by atoms with Crippen molar-refractivity contribution in [3.63, 3.8) is 0 Å². The molecule has 7 amide bonds. The number of unbranched alkanes of at least 4 members (excludes halogenated alkanes) is 12. The first-order chi connectivity index (χ1) is 46.4. The molecule has 0 saturated heterocycles. The van der Waals surface area contributed by atoms with Crippen molar-refractivity contribution in [1.29, 1.82) is 0 Å². The van der Waals surface area contributed by atoms with E-state index in [0.717, 1.165) is 51.2 Å². The maximum atomic E-state index is 13.7. The molecule has 0 spiro atoms. The topological polar surface area (TPSA) is 368 Å². The molecule has 0 fully saturated rings. The number of thioether (sulfide) groups is 1. The van der Waals surface area contributed by atoms with E-state index in [-0.39, 0.29) is 101 Å². The number of nitrogen functional groups attached to an aromatic ring is 1. The third kappa shape index (κ3) is 36.1. The molecule has 2 aromatic heterocycles. The van der Waals surface area contributed by atoms with E-state index >= 15 is 0 Å². The molecule has 29 heteroatoms. The number of aromatic hydroxyl groups is 1. The number of hydrogen-bond acceptors (Lipinski definition) is 21. The van der Waals surface area contributed by atoms with Crippen molar-refractivity contribution in [3.05, 3.63) is 35.4 Å². The quantitative estimate of drug-likeness (QED) is 0.0148. The molecular formula is C69H115N13O15S. The number of nitrogens with two attached hydrogens (primary N) is 1. The monoisotopic (exact) mass is 1400 g/mol. The van der Waals surface area contributed by atoms with Crippen molar-refractivity contribution in [2.24, 2.45) is 0 Å². The smallest absolute Gasteiger partial charge is 0.410 e. The summed E-state index contributed by atoms with van der Waals surface area (Å²) in [5.74, 6) is -2.33. The average Bonchev–Trinajstić information content (AvgIpc) is 1.63. The Morgan fingerprint density at radius 2 is 1.15 bits per heavy atom. The summed E-state index contributed by atoms with van der Waals surface area (Å²) in [6.45, 7) is 21.8. The van der Waals surface area contributed by atoms with Crippen molar-refractivity contribution in [2.75, 3.05) is 88.6 Å². The lowest BCUT2D eigenvalue weighted by molar-refractivity contribution is -0.145. The third-order valence-corrected chi connectivity index (χ3v) is 15.9. The van der Waals surface area contributed by atoms with Crippen LogP contribution in [0.2, 0.25) is 0 Å². The summed E-state index contributed by atoms with van der Waals surface area (Å²) < 4.78 is 28.7. The van der Waals surface area contributed by atoms with Gasteiger partial charge >= 0.3 is 30.2 Å². The highest BCUT2D eigenvalue weighted by Crippen LogP contribution is 2.26. The molecule has 2 atom stereocenters. The molecule has 3 rings (SSSR count). The standard InChI is InChI=1S/C69H115N13O15S/c1-13-15-17-18-19-20-21-22-23-24-25-30-55(85)94-44-45-98-48-52(76-64(90)95-67(3,4)5)60(87)75-51(61(88)93-12)35-36-53(83)71-38-28-42-80(65(91)96-68(6,7)8)40-26-27-41-81(66(92)97-69(9,10)11)43-29-39-72-54(84)46-74-59(86)50-33-31-49(32-34-50)47-82-58-56(77-63(82)89)57(70)78-62(79-58)73-37-16-14-2/h31-34,51-52H,13-30,35-48H2,1-12H3,(H,71,83)(H,72,84)(H,74,86)(H,75,87)(H,76,90)(H,77,89)(H3,70,73,78,79)/t51-,52-/m0/s1. The van der Waals surface area contributed by atoms with Gasteiger partial charge in [0.1, 0.15) is 35.5 Å². The first-order valence-electron chi connectivity index (χ1n) is 34.9. The van der Waals surface area contributed by atoms with Gasteiger partial charge in [0.15, 0.2) is 17.0 Å². The Kier molecular flexibility index (Phi) is 38.7. The number of nitrogens with zero attached hydrogens (tertiary/aromatic N) is 6. The number of amides is 7. The van der Waals surface area contributed by atoms with Gasteiger partial charge in [-0.1, -0.05) is 96.6 Å². The van der Waals surface area contributed by atoms with E-state index in [1.165, 1.54) is 71.1 Å². The first kappa shape index (κ1) is 84.4. The number of carbonyl (C=O) groups is 9. The summed E-state index contributed by atoms with van der Waals surface area (Å²) >= 11 is 1.26. The lowest BCUT2D eigenvalue weighted by Crippen LogP contribution is -2.53. The minimum Gasteiger partial charge on any atom is -0.480 e. The van der Waals surface area contributed by atoms with Crippen LogP contribution < -0.4 is 37.6 Å². The second kappa shape index (κ2) is 44.9. The Balaban J connectivity index is 1.47. The number of carbonyl (C=O) groups excluding carboxylic acids is 9. The van der Waals surface area contributed by atoms with Crippen LogP contribution in [0.15, 0.2) is 24.3 Å². The van der Waals surface area contributed by atoms with E-state index < -0.39 is 76.8 Å². The molecule has 0 aliphatic heterocycles. The Bertz CT molecular complexity index is 2950. The Hall–Kier alpha value is -7.85. The second-order valence-electron chi connectivity index (χ2n) is 27.2. The molecule has 552 valence electrons. The number of alkyl carbamates (subject to hydrolysis) is 1. The predicted molar refractivity (Wildman–Crippen MR) is 378 cm³/mol. The van der Waals surface area contributed by atoms with E-state index in [2.05, 4.69) is 60.7 Å². The van der Waals surface area contributed by atoms with Gasteiger partial charge in [0.2, 0.25) is 23.7 Å². The van der Waals surface area contributed by atoms with Crippen LogP contribution in [-0.2, 0) is 54.2 Å². The molecule has 28 nitrogen and oxygen atoms in total. The fraction of sp³-hybridized carbons (Fsp3) is 0.710. The number of esters is 2. The maximum Gasteiger partial charge on any atom is 0.410 e. The van der Waals surface area contributed by atoms with Gasteiger partial charge in [-0.15, -0.1) is 0 Å². The molecule has 2 heterocycles. The molecule has 0 aliphatic rings. The van der Waals surface area contributed by atoms with Crippen molar-refractivity contribution < 1.29 is 71.9 Å². The van der Waals surface area contributed by atoms with Crippen molar-refractivity contribution in [1.82, 2.24) is 55.9 Å². The van der Waals surface area contributed by atoms with Crippen LogP contribution in [0.25, 0.3) is 11.2 Å². The summed E-state index contributed by atoms with van der Waals surface area (Å²) in [6.07, 6.45) is 14.4. The number of nitrogens with one attached hydrogen (secondary N) is 6. The van der Waals surface area contributed by atoms with Crippen LogP contribution in [0.4, 0.5) is 26.1 Å². The maximum absolute atomic E-state index is 13.7. The Morgan fingerprint density at radius 1 is 0.612 bits per heavy atom. The van der Waals surface area contributed by atoms with Gasteiger partial charge in [-0.2, -0.15) is 26.7 Å². The van der Waals surface area contributed by atoms with Gasteiger partial charge in [-0.05, 0) is 125 Å². The van der Waals surface area contributed by atoms with Gasteiger partial charge in [-0.25, -0.2) is 19.2 Å². The summed E-state index contributed by atoms with van der Waals surface area (Å²) in [5, 5.41) is 27.2. The highest BCUT2D eigenvalue weighted by molar-refractivity contribution is 7.99. The van der Waals surface area contributed by atoms with Crippen LogP contribution in [-0.4, -0.2) is 195 Å². The normalized spacial score (nSPS) is 12.2. The van der Waals surface area contributed by atoms with Crippen LogP contribution >= 0.6 is 11.8 Å². The number of anilines is 2. The van der Waals surface area contributed by atoms with Gasteiger partial charge in [0.25, 0.3) is 11.9 Å². The number of fused-ring (bicyclic) bond motifs is 1. The summed E-state index contributed by atoms with van der Waals surface area (Å²) in [5.41, 5.74) is 5.31. The van der Waals surface area contributed by atoms with Crippen molar-refractivity contribution >= 4 is 88.5 Å². The molecule has 9 N–H and O–H groups in total. The molecule has 0 aliphatic carbocycles. The molecule has 0 bridgehead atoms. The number of benzene rings is 1. The fourth-order valence-corrected chi connectivity index (χ4v) is 10.6.